The Kier molecular flexibility index (Phi) is 2.43. The van der Waals surface area contributed by atoms with Gasteiger partial charge in [-0.2, -0.15) is 0 Å². The van der Waals surface area contributed by atoms with Crippen molar-refractivity contribution >= 4 is 38.9 Å². The van der Waals surface area contributed by atoms with Crippen molar-refractivity contribution < 1.29 is 14.8 Å². The van der Waals surface area contributed by atoms with E-state index in [2.05, 4.69) is 15.9 Å². The van der Waals surface area contributed by atoms with Gasteiger partial charge in [0.1, 0.15) is 9.35 Å². The van der Waals surface area contributed by atoms with Crippen LogP contribution in [0.15, 0.2) is 9.85 Å². The Morgan fingerprint density at radius 3 is 2.58 bits per heavy atom. The van der Waals surface area contributed by atoms with Gasteiger partial charge in [-0.1, -0.05) is 0 Å². The molecule has 1 heterocycles. The summed E-state index contributed by atoms with van der Waals surface area (Å²) in [5.74, 6) is -1.17. The molecule has 5 nitrogen and oxygen atoms in total. The molecule has 0 atom stereocenters. The fourth-order valence-electron chi connectivity index (χ4n) is 0.602. The van der Waals surface area contributed by atoms with E-state index in [9.17, 15) is 14.9 Å². The summed E-state index contributed by atoms with van der Waals surface area (Å²) in [7, 11) is 0. The third-order valence-electron chi connectivity index (χ3n) is 1.10. The van der Waals surface area contributed by atoms with Crippen LogP contribution in [0.3, 0.4) is 0 Å². The summed E-state index contributed by atoms with van der Waals surface area (Å²) in [6.45, 7) is 0. The molecule has 12 heavy (non-hydrogen) atoms. The molecule has 0 aliphatic carbocycles. The van der Waals surface area contributed by atoms with E-state index in [1.165, 1.54) is 5.38 Å². The first kappa shape index (κ1) is 9.14. The summed E-state index contributed by atoms with van der Waals surface area (Å²) in [6, 6.07) is 0. The lowest BCUT2D eigenvalue weighted by Crippen LogP contribution is -1.93. The summed E-state index contributed by atoms with van der Waals surface area (Å²) in [4.78, 5) is 20.0. The van der Waals surface area contributed by atoms with Gasteiger partial charge in [-0.25, -0.2) is 4.79 Å². The number of nitro groups is 1. The third kappa shape index (κ3) is 1.46. The van der Waals surface area contributed by atoms with E-state index in [4.69, 9.17) is 5.11 Å². The fourth-order valence-corrected chi connectivity index (χ4v) is 2.20. The van der Waals surface area contributed by atoms with Gasteiger partial charge < -0.3 is 5.11 Å². The summed E-state index contributed by atoms with van der Waals surface area (Å²) in [5.41, 5.74) is -0.211. The van der Waals surface area contributed by atoms with E-state index in [1.807, 2.05) is 0 Å². The van der Waals surface area contributed by atoms with Crippen molar-refractivity contribution in [3.63, 3.8) is 0 Å². The Labute approximate surface area is 78.9 Å². The molecule has 0 aliphatic rings. The Balaban J connectivity index is 3.22. The average molecular weight is 252 g/mol. The number of rotatable bonds is 2. The minimum atomic E-state index is -1.17. The SMILES string of the molecule is O=C(O)c1scc([N+](=O)[O-])c1Br. The third-order valence-corrected chi connectivity index (χ3v) is 3.12. The van der Waals surface area contributed by atoms with E-state index in [0.717, 1.165) is 11.3 Å². The van der Waals surface area contributed by atoms with E-state index in [-0.39, 0.29) is 15.0 Å². The largest absolute Gasteiger partial charge is 0.477 e. The standard InChI is InChI=1S/C5H2BrNO4S/c6-3-2(7(10)11)1-12-4(3)5(8)9/h1H,(H,8,9). The number of carboxylic acid groups (broad SMARTS) is 1. The lowest BCUT2D eigenvalue weighted by molar-refractivity contribution is -0.385. The lowest BCUT2D eigenvalue weighted by atomic mass is 10.4. The highest BCUT2D eigenvalue weighted by Gasteiger charge is 2.22. The predicted molar refractivity (Wildman–Crippen MR) is 45.6 cm³/mol. The van der Waals surface area contributed by atoms with Gasteiger partial charge in [-0.05, 0) is 15.9 Å². The normalized spacial score (nSPS) is 9.75. The molecule has 0 radical (unpaired) electrons. The van der Waals surface area contributed by atoms with Crippen molar-refractivity contribution in [3.8, 4) is 0 Å². The highest BCUT2D eigenvalue weighted by atomic mass is 79.9. The topological polar surface area (TPSA) is 80.4 Å². The van der Waals surface area contributed by atoms with Crippen LogP contribution in [-0.4, -0.2) is 16.0 Å². The van der Waals surface area contributed by atoms with Crippen LogP contribution in [0.4, 0.5) is 5.69 Å². The minimum absolute atomic E-state index is 0.0324. The predicted octanol–water partition coefficient (Wildman–Crippen LogP) is 2.12. The molecular weight excluding hydrogens is 250 g/mol. The summed E-state index contributed by atoms with van der Waals surface area (Å²) in [6.07, 6.45) is 0. The molecule has 0 aromatic carbocycles. The van der Waals surface area contributed by atoms with Gasteiger partial charge in [0, 0.05) is 0 Å². The molecule has 0 unspecified atom stereocenters. The second-order valence-corrected chi connectivity index (χ2v) is 3.50. The molecule has 1 N–H and O–H groups in total. The molecule has 0 fully saturated rings. The van der Waals surface area contributed by atoms with Crippen LogP contribution in [0.25, 0.3) is 0 Å². The van der Waals surface area contributed by atoms with Crippen molar-refractivity contribution in [2.75, 3.05) is 0 Å². The molecule has 7 heteroatoms. The first-order valence-corrected chi connectivity index (χ1v) is 4.36. The van der Waals surface area contributed by atoms with Crippen LogP contribution in [-0.2, 0) is 0 Å². The molecule has 1 aromatic heterocycles. The first-order chi connectivity index (χ1) is 5.54. The molecule has 0 saturated heterocycles. The number of hydrogen-bond donors (Lipinski definition) is 1. The van der Waals surface area contributed by atoms with Crippen LogP contribution in [0.2, 0.25) is 0 Å². The minimum Gasteiger partial charge on any atom is -0.477 e. The van der Waals surface area contributed by atoms with Gasteiger partial charge in [0.05, 0.1) is 10.3 Å². The van der Waals surface area contributed by atoms with E-state index in [1.54, 1.807) is 0 Å². The summed E-state index contributed by atoms with van der Waals surface area (Å²) < 4.78 is 0.0324. The Bertz CT molecular complexity index is 316. The van der Waals surface area contributed by atoms with Crippen molar-refractivity contribution in [1.29, 1.82) is 0 Å². The number of aromatic carboxylic acids is 1. The maximum Gasteiger partial charge on any atom is 0.347 e. The highest BCUT2D eigenvalue weighted by molar-refractivity contribution is 9.10. The molecular formula is C5H2BrNO4S. The van der Waals surface area contributed by atoms with Crippen LogP contribution in [0.5, 0.6) is 0 Å². The first-order valence-electron chi connectivity index (χ1n) is 2.68. The fraction of sp³-hybridized carbons (Fsp3) is 0. The van der Waals surface area contributed by atoms with Crippen molar-refractivity contribution in [1.82, 2.24) is 0 Å². The number of carbonyl (C=O) groups is 1. The quantitative estimate of drug-likeness (QED) is 0.645. The molecule has 0 aliphatic heterocycles. The zero-order valence-electron chi connectivity index (χ0n) is 5.48. The number of hydrogen-bond acceptors (Lipinski definition) is 4. The maximum atomic E-state index is 10.4. The molecule has 0 amide bonds. The maximum absolute atomic E-state index is 10.4. The van der Waals surface area contributed by atoms with E-state index in [0.29, 0.717) is 0 Å². The second-order valence-electron chi connectivity index (χ2n) is 1.83. The smallest absolute Gasteiger partial charge is 0.347 e. The molecule has 1 aromatic rings. The molecule has 0 bridgehead atoms. The Morgan fingerprint density at radius 1 is 1.75 bits per heavy atom. The van der Waals surface area contributed by atoms with E-state index < -0.39 is 10.9 Å². The average Bonchev–Trinajstić information content (AvgIpc) is 2.30. The molecule has 0 spiro atoms. The monoisotopic (exact) mass is 251 g/mol. The molecule has 0 saturated carbocycles. The van der Waals surface area contributed by atoms with Crippen LogP contribution in [0, 0.1) is 10.1 Å². The summed E-state index contributed by atoms with van der Waals surface area (Å²) in [5, 5.41) is 20.0. The molecule has 1 rings (SSSR count). The van der Waals surface area contributed by atoms with Gasteiger partial charge in [-0.15, -0.1) is 11.3 Å². The van der Waals surface area contributed by atoms with Crippen LogP contribution < -0.4 is 0 Å². The number of nitrogens with zero attached hydrogens (tertiary/aromatic N) is 1. The summed E-state index contributed by atoms with van der Waals surface area (Å²) >= 11 is 3.66. The van der Waals surface area contributed by atoms with Gasteiger partial charge in [-0.3, -0.25) is 10.1 Å². The Morgan fingerprint density at radius 2 is 2.33 bits per heavy atom. The van der Waals surface area contributed by atoms with Crippen molar-refractivity contribution in [2.24, 2.45) is 0 Å². The van der Waals surface area contributed by atoms with Crippen LogP contribution >= 0.6 is 27.3 Å². The Hall–Kier alpha value is -0.950. The van der Waals surface area contributed by atoms with E-state index >= 15 is 0 Å². The molecule has 64 valence electrons. The van der Waals surface area contributed by atoms with Crippen molar-refractivity contribution in [3.05, 3.63) is 24.8 Å². The number of halogens is 1. The highest BCUT2D eigenvalue weighted by Crippen LogP contribution is 2.33. The van der Waals surface area contributed by atoms with Gasteiger partial charge in [0.2, 0.25) is 0 Å². The zero-order valence-corrected chi connectivity index (χ0v) is 7.89. The second kappa shape index (κ2) is 3.20. The number of thiophene rings is 1. The van der Waals surface area contributed by atoms with Gasteiger partial charge in [0.15, 0.2) is 0 Å². The number of carboxylic acids is 1. The van der Waals surface area contributed by atoms with Crippen molar-refractivity contribution in [2.45, 2.75) is 0 Å². The van der Waals surface area contributed by atoms with Crippen LogP contribution in [0.1, 0.15) is 9.67 Å². The zero-order chi connectivity index (χ0) is 9.30. The van der Waals surface area contributed by atoms with Gasteiger partial charge >= 0.3 is 5.97 Å². The van der Waals surface area contributed by atoms with Gasteiger partial charge in [0.25, 0.3) is 5.69 Å². The lowest BCUT2D eigenvalue weighted by Gasteiger charge is -1.87.